The Morgan fingerprint density at radius 1 is 1.17 bits per heavy atom. The molecule has 24 heavy (non-hydrogen) atoms. The van der Waals surface area contributed by atoms with Crippen LogP contribution in [0.25, 0.3) is 0 Å². The van der Waals surface area contributed by atoms with E-state index < -0.39 is 0 Å². The average molecular weight is 370 g/mol. The van der Waals surface area contributed by atoms with E-state index in [0.29, 0.717) is 32.6 Å². The van der Waals surface area contributed by atoms with Crippen LogP contribution in [0.2, 0.25) is 5.02 Å². The summed E-state index contributed by atoms with van der Waals surface area (Å²) in [6.45, 7) is 5.90. The summed E-state index contributed by atoms with van der Waals surface area (Å²) in [6.07, 6.45) is 0.531. The van der Waals surface area contributed by atoms with Crippen LogP contribution in [0.15, 0.2) is 29.2 Å². The monoisotopic (exact) mass is 369 g/mol. The van der Waals surface area contributed by atoms with Gasteiger partial charge in [0.1, 0.15) is 0 Å². The Kier molecular flexibility index (Phi) is 7.88. The van der Waals surface area contributed by atoms with Crippen molar-refractivity contribution in [3.63, 3.8) is 0 Å². The first-order chi connectivity index (χ1) is 11.6. The topological polar surface area (TPSA) is 52.7 Å². The van der Waals surface area contributed by atoms with E-state index in [-0.39, 0.29) is 11.8 Å². The highest BCUT2D eigenvalue weighted by molar-refractivity contribution is 7.99. The quantitative estimate of drug-likeness (QED) is 0.748. The molecule has 0 unspecified atom stereocenters. The molecule has 1 aliphatic heterocycles. The second-order valence-corrected chi connectivity index (χ2v) is 7.27. The van der Waals surface area contributed by atoms with E-state index in [1.165, 1.54) is 0 Å². The first-order valence-electron chi connectivity index (χ1n) is 8.23. The highest BCUT2D eigenvalue weighted by Gasteiger charge is 2.21. The number of piperazine rings is 1. The molecule has 1 aromatic rings. The SMILES string of the molecule is CCNC(=O)CN1CCN(C(=O)CCSc2ccc(Cl)cc2)CC1. The lowest BCUT2D eigenvalue weighted by Gasteiger charge is -2.34. The van der Waals surface area contributed by atoms with Crippen molar-refractivity contribution in [1.82, 2.24) is 15.1 Å². The normalized spacial score (nSPS) is 15.3. The van der Waals surface area contributed by atoms with Gasteiger partial charge in [-0.3, -0.25) is 14.5 Å². The van der Waals surface area contributed by atoms with Crippen LogP contribution in [0.5, 0.6) is 0 Å². The van der Waals surface area contributed by atoms with E-state index in [2.05, 4.69) is 10.2 Å². The van der Waals surface area contributed by atoms with Crippen molar-refractivity contribution in [2.24, 2.45) is 0 Å². The number of nitrogens with zero attached hydrogens (tertiary/aromatic N) is 2. The Hall–Kier alpha value is -1.24. The fraction of sp³-hybridized carbons (Fsp3) is 0.529. The van der Waals surface area contributed by atoms with Crippen molar-refractivity contribution < 1.29 is 9.59 Å². The molecular formula is C17H24ClN3O2S. The van der Waals surface area contributed by atoms with E-state index in [0.717, 1.165) is 28.8 Å². The summed E-state index contributed by atoms with van der Waals surface area (Å²) in [5, 5.41) is 3.52. The van der Waals surface area contributed by atoms with Crippen molar-refractivity contribution in [2.75, 3.05) is 45.0 Å². The van der Waals surface area contributed by atoms with Crippen LogP contribution in [0.4, 0.5) is 0 Å². The third-order valence-electron chi connectivity index (χ3n) is 3.86. The van der Waals surface area contributed by atoms with Gasteiger partial charge < -0.3 is 10.2 Å². The maximum absolute atomic E-state index is 12.3. The summed E-state index contributed by atoms with van der Waals surface area (Å²) in [6, 6.07) is 7.66. The van der Waals surface area contributed by atoms with Crippen molar-refractivity contribution in [1.29, 1.82) is 0 Å². The highest BCUT2D eigenvalue weighted by atomic mass is 35.5. The molecule has 0 bridgehead atoms. The van der Waals surface area contributed by atoms with Crippen molar-refractivity contribution in [3.05, 3.63) is 29.3 Å². The van der Waals surface area contributed by atoms with Gasteiger partial charge in [-0.2, -0.15) is 0 Å². The molecule has 0 aromatic heterocycles. The smallest absolute Gasteiger partial charge is 0.234 e. The van der Waals surface area contributed by atoms with Gasteiger partial charge in [-0.1, -0.05) is 11.6 Å². The fourth-order valence-corrected chi connectivity index (χ4v) is 3.52. The third-order valence-corrected chi connectivity index (χ3v) is 5.13. The lowest BCUT2D eigenvalue weighted by molar-refractivity contribution is -0.132. The van der Waals surface area contributed by atoms with Crippen molar-refractivity contribution in [3.8, 4) is 0 Å². The maximum Gasteiger partial charge on any atom is 0.234 e. The minimum absolute atomic E-state index is 0.0524. The molecular weight excluding hydrogens is 346 g/mol. The second kappa shape index (κ2) is 9.91. The van der Waals surface area contributed by atoms with Crippen LogP contribution in [-0.2, 0) is 9.59 Å². The number of amides is 2. The molecule has 7 heteroatoms. The molecule has 0 atom stereocenters. The van der Waals surface area contributed by atoms with Crippen LogP contribution in [0.1, 0.15) is 13.3 Å². The zero-order valence-electron chi connectivity index (χ0n) is 14.0. The summed E-state index contributed by atoms with van der Waals surface area (Å²) >= 11 is 7.53. The zero-order valence-corrected chi connectivity index (χ0v) is 15.5. The largest absolute Gasteiger partial charge is 0.355 e. The Balaban J connectivity index is 1.65. The van der Waals surface area contributed by atoms with Crippen LogP contribution >= 0.6 is 23.4 Å². The number of benzene rings is 1. The molecule has 0 aliphatic carbocycles. The molecule has 5 nitrogen and oxygen atoms in total. The van der Waals surface area contributed by atoms with E-state index in [1.54, 1.807) is 11.8 Å². The molecule has 0 spiro atoms. The predicted octanol–water partition coefficient (Wildman–Crippen LogP) is 2.10. The summed E-state index contributed by atoms with van der Waals surface area (Å²) in [4.78, 5) is 29.0. The van der Waals surface area contributed by atoms with Gasteiger partial charge in [0, 0.05) is 54.8 Å². The molecule has 2 rings (SSSR count). The predicted molar refractivity (Wildman–Crippen MR) is 98.5 cm³/mol. The summed E-state index contributed by atoms with van der Waals surface area (Å²) in [7, 11) is 0. The Morgan fingerprint density at radius 3 is 2.46 bits per heavy atom. The Bertz CT molecular complexity index is 545. The van der Waals surface area contributed by atoms with E-state index >= 15 is 0 Å². The minimum Gasteiger partial charge on any atom is -0.355 e. The summed E-state index contributed by atoms with van der Waals surface area (Å²) in [5.74, 6) is 1.00. The molecule has 1 fully saturated rings. The minimum atomic E-state index is 0.0524. The molecule has 1 heterocycles. The first-order valence-corrected chi connectivity index (χ1v) is 9.60. The van der Waals surface area contributed by atoms with Crippen molar-refractivity contribution in [2.45, 2.75) is 18.2 Å². The molecule has 132 valence electrons. The van der Waals surface area contributed by atoms with E-state index in [4.69, 9.17) is 11.6 Å². The number of halogens is 1. The van der Waals surface area contributed by atoms with Gasteiger partial charge in [0.15, 0.2) is 0 Å². The maximum atomic E-state index is 12.3. The molecule has 1 aliphatic rings. The fourth-order valence-electron chi connectivity index (χ4n) is 2.56. The van der Waals surface area contributed by atoms with Gasteiger partial charge in [0.2, 0.25) is 11.8 Å². The van der Waals surface area contributed by atoms with Gasteiger partial charge in [-0.15, -0.1) is 11.8 Å². The molecule has 0 radical (unpaired) electrons. The number of likely N-dealkylation sites (N-methyl/N-ethyl adjacent to an activating group) is 1. The first kappa shape index (κ1) is 19.1. The van der Waals surface area contributed by atoms with Crippen LogP contribution in [0.3, 0.4) is 0 Å². The molecule has 1 saturated heterocycles. The standard InChI is InChI=1S/C17H24ClN3O2S/c1-2-19-16(22)13-20-8-10-21(11-9-20)17(23)7-12-24-15-5-3-14(18)4-6-15/h3-6H,2,7-13H2,1H3,(H,19,22). The average Bonchev–Trinajstić information content (AvgIpc) is 2.57. The number of hydrogen-bond acceptors (Lipinski definition) is 4. The number of nitrogens with one attached hydrogen (secondary N) is 1. The lowest BCUT2D eigenvalue weighted by Crippen LogP contribution is -2.51. The third kappa shape index (κ3) is 6.34. The van der Waals surface area contributed by atoms with Gasteiger partial charge in [-0.25, -0.2) is 0 Å². The van der Waals surface area contributed by atoms with Gasteiger partial charge in [0.05, 0.1) is 6.54 Å². The zero-order chi connectivity index (χ0) is 17.4. The molecule has 1 aromatic carbocycles. The van der Waals surface area contributed by atoms with Crippen LogP contribution in [-0.4, -0.2) is 66.6 Å². The van der Waals surface area contributed by atoms with Crippen LogP contribution in [0, 0.1) is 0 Å². The van der Waals surface area contributed by atoms with Crippen molar-refractivity contribution >= 4 is 35.2 Å². The Morgan fingerprint density at radius 2 is 1.83 bits per heavy atom. The van der Waals surface area contributed by atoms with Gasteiger partial charge >= 0.3 is 0 Å². The highest BCUT2D eigenvalue weighted by Crippen LogP contribution is 2.21. The van der Waals surface area contributed by atoms with Gasteiger partial charge in [0.25, 0.3) is 0 Å². The summed E-state index contributed by atoms with van der Waals surface area (Å²) < 4.78 is 0. The number of carbonyl (C=O) groups is 2. The van der Waals surface area contributed by atoms with Crippen LogP contribution < -0.4 is 5.32 Å². The molecule has 0 saturated carbocycles. The summed E-state index contributed by atoms with van der Waals surface area (Å²) in [5.41, 5.74) is 0. The molecule has 2 amide bonds. The number of thioether (sulfide) groups is 1. The second-order valence-electron chi connectivity index (χ2n) is 5.66. The molecule has 1 N–H and O–H groups in total. The number of carbonyl (C=O) groups excluding carboxylic acids is 2. The Labute approximate surface area is 152 Å². The number of rotatable bonds is 7. The lowest BCUT2D eigenvalue weighted by atomic mass is 10.3. The van der Waals surface area contributed by atoms with Gasteiger partial charge in [-0.05, 0) is 31.2 Å². The van der Waals surface area contributed by atoms with E-state index in [1.807, 2.05) is 36.1 Å². The number of hydrogen-bond donors (Lipinski definition) is 1. The van der Waals surface area contributed by atoms with E-state index in [9.17, 15) is 9.59 Å².